The van der Waals surface area contributed by atoms with Gasteiger partial charge in [-0.25, -0.2) is 9.78 Å². The maximum absolute atomic E-state index is 11.9. The minimum absolute atomic E-state index is 0.0515. The Morgan fingerprint density at radius 2 is 2.12 bits per heavy atom. The molecule has 0 aliphatic rings. The molecule has 0 aliphatic carbocycles. The zero-order chi connectivity index (χ0) is 16.9. The lowest BCUT2D eigenvalue weighted by Gasteiger charge is -2.11. The van der Waals surface area contributed by atoms with Gasteiger partial charge in [-0.3, -0.25) is 9.78 Å². The molecule has 0 spiro atoms. The van der Waals surface area contributed by atoms with E-state index in [-0.39, 0.29) is 11.7 Å². The third-order valence-electron chi connectivity index (χ3n) is 3.36. The zero-order valence-electron chi connectivity index (χ0n) is 12.9. The van der Waals surface area contributed by atoms with E-state index in [2.05, 4.69) is 15.3 Å². The highest BCUT2D eigenvalue weighted by Gasteiger charge is 2.16. The fourth-order valence-electron chi connectivity index (χ4n) is 2.18. The number of benzene rings is 1. The molecule has 24 heavy (non-hydrogen) atoms. The van der Waals surface area contributed by atoms with Crippen LogP contribution in [0.2, 0.25) is 0 Å². The van der Waals surface area contributed by atoms with Crippen LogP contribution in [0.1, 0.15) is 29.2 Å². The van der Waals surface area contributed by atoms with Crippen molar-refractivity contribution in [3.05, 3.63) is 60.4 Å². The second-order valence-corrected chi connectivity index (χ2v) is 5.14. The molecule has 0 saturated heterocycles. The second-order valence-electron chi connectivity index (χ2n) is 5.14. The molecular weight excluding hydrogens is 310 g/mol. The van der Waals surface area contributed by atoms with Gasteiger partial charge in [-0.1, -0.05) is 18.2 Å². The van der Waals surface area contributed by atoms with Gasteiger partial charge in [0.15, 0.2) is 12.3 Å². The minimum atomic E-state index is -0.699. The van der Waals surface area contributed by atoms with E-state index >= 15 is 0 Å². The van der Waals surface area contributed by atoms with Crippen LogP contribution in [0.5, 0.6) is 0 Å². The quantitative estimate of drug-likeness (QED) is 0.723. The lowest BCUT2D eigenvalue weighted by Crippen LogP contribution is -2.31. The number of carbonyl (C=O) groups is 2. The average molecular weight is 325 g/mol. The molecule has 0 unspecified atom stereocenters. The van der Waals surface area contributed by atoms with Crippen molar-refractivity contribution >= 4 is 22.8 Å². The van der Waals surface area contributed by atoms with Gasteiger partial charge in [-0.05, 0) is 19.1 Å². The summed E-state index contributed by atoms with van der Waals surface area (Å²) in [6.45, 7) is 1.39. The molecule has 2 heterocycles. The van der Waals surface area contributed by atoms with Crippen molar-refractivity contribution in [2.75, 3.05) is 6.61 Å². The molecule has 1 aromatic carbocycles. The molecule has 1 N–H and O–H groups in total. The highest BCUT2D eigenvalue weighted by molar-refractivity contribution is 5.89. The van der Waals surface area contributed by atoms with E-state index in [0.717, 1.165) is 11.0 Å². The van der Waals surface area contributed by atoms with Crippen molar-refractivity contribution in [2.24, 2.45) is 0 Å². The summed E-state index contributed by atoms with van der Waals surface area (Å²) in [5, 5.41) is 3.68. The van der Waals surface area contributed by atoms with Gasteiger partial charge in [-0.2, -0.15) is 0 Å². The van der Waals surface area contributed by atoms with E-state index in [4.69, 9.17) is 9.15 Å². The summed E-state index contributed by atoms with van der Waals surface area (Å²) in [5.74, 6) is -0.500. The number of furan rings is 1. The normalized spacial score (nSPS) is 11.9. The fraction of sp³-hybridized carbons (Fsp3) is 0.176. The number of amides is 1. The number of aromatic nitrogens is 2. The Kier molecular flexibility index (Phi) is 4.51. The molecule has 1 amide bonds. The van der Waals surface area contributed by atoms with Crippen molar-refractivity contribution in [2.45, 2.75) is 13.0 Å². The molecule has 1 atom stereocenters. The first kappa shape index (κ1) is 15.7. The third-order valence-corrected chi connectivity index (χ3v) is 3.36. The predicted molar refractivity (Wildman–Crippen MR) is 85.1 cm³/mol. The minimum Gasteiger partial charge on any atom is -0.459 e. The van der Waals surface area contributed by atoms with Gasteiger partial charge in [0.1, 0.15) is 11.3 Å². The number of para-hydroxylation sites is 1. The molecule has 3 rings (SSSR count). The first-order chi connectivity index (χ1) is 11.6. The van der Waals surface area contributed by atoms with Crippen LogP contribution in [-0.4, -0.2) is 28.5 Å². The Balaban J connectivity index is 1.55. The summed E-state index contributed by atoms with van der Waals surface area (Å²) >= 11 is 0. The standard InChI is InChI=1S/C17H15N3O4/c1-11(15-8-12-4-2-3-5-14(12)24-15)20-16(21)10-23-17(22)13-9-18-6-7-19-13/h2-9,11H,10H2,1H3,(H,20,21)/t11-/m0/s1. The van der Waals surface area contributed by atoms with Gasteiger partial charge in [0.25, 0.3) is 5.91 Å². The molecule has 0 aliphatic heterocycles. The third kappa shape index (κ3) is 3.57. The maximum atomic E-state index is 11.9. The van der Waals surface area contributed by atoms with Gasteiger partial charge in [0, 0.05) is 17.8 Å². The Hall–Kier alpha value is -3.22. The molecule has 0 fully saturated rings. The average Bonchev–Trinajstić information content (AvgIpc) is 3.05. The molecule has 7 heteroatoms. The molecule has 0 saturated carbocycles. The number of nitrogens with one attached hydrogen (secondary N) is 1. The van der Waals surface area contributed by atoms with Crippen LogP contribution in [0, 0.1) is 0 Å². The van der Waals surface area contributed by atoms with Crippen LogP contribution < -0.4 is 5.32 Å². The SMILES string of the molecule is C[C@H](NC(=O)COC(=O)c1cnccn1)c1cc2ccccc2o1. The van der Waals surface area contributed by atoms with E-state index in [1.807, 2.05) is 30.3 Å². The maximum Gasteiger partial charge on any atom is 0.359 e. The van der Waals surface area contributed by atoms with Crippen molar-refractivity contribution < 1.29 is 18.7 Å². The van der Waals surface area contributed by atoms with Gasteiger partial charge in [0.2, 0.25) is 0 Å². The molecule has 3 aromatic rings. The van der Waals surface area contributed by atoms with E-state index in [1.165, 1.54) is 18.6 Å². The molecule has 2 aromatic heterocycles. The van der Waals surface area contributed by atoms with Crippen LogP contribution in [0.15, 0.2) is 53.3 Å². The number of ether oxygens (including phenoxy) is 1. The molecule has 7 nitrogen and oxygen atoms in total. The summed E-state index contributed by atoms with van der Waals surface area (Å²) in [4.78, 5) is 31.2. The first-order valence-corrected chi connectivity index (χ1v) is 7.34. The van der Waals surface area contributed by atoms with Crippen LogP contribution >= 0.6 is 0 Å². The van der Waals surface area contributed by atoms with Crippen molar-refractivity contribution in [1.82, 2.24) is 15.3 Å². The largest absolute Gasteiger partial charge is 0.459 e. The van der Waals surface area contributed by atoms with Crippen molar-refractivity contribution in [3.8, 4) is 0 Å². The topological polar surface area (TPSA) is 94.3 Å². The van der Waals surface area contributed by atoms with Crippen LogP contribution in [0.3, 0.4) is 0 Å². The summed E-state index contributed by atoms with van der Waals surface area (Å²) in [6.07, 6.45) is 4.09. The van der Waals surface area contributed by atoms with E-state index < -0.39 is 18.5 Å². The van der Waals surface area contributed by atoms with Gasteiger partial charge >= 0.3 is 5.97 Å². The van der Waals surface area contributed by atoms with Crippen molar-refractivity contribution in [1.29, 1.82) is 0 Å². The summed E-state index contributed by atoms with van der Waals surface area (Å²) < 4.78 is 10.6. The second kappa shape index (κ2) is 6.91. The lowest BCUT2D eigenvalue weighted by atomic mass is 10.2. The van der Waals surface area contributed by atoms with Gasteiger partial charge < -0.3 is 14.5 Å². The van der Waals surface area contributed by atoms with Crippen LogP contribution in [0.4, 0.5) is 0 Å². The van der Waals surface area contributed by atoms with E-state index in [1.54, 1.807) is 6.92 Å². The number of rotatable bonds is 5. The Bertz CT molecular complexity index is 827. The molecule has 122 valence electrons. The Labute approximate surface area is 137 Å². The fourth-order valence-corrected chi connectivity index (χ4v) is 2.18. The monoisotopic (exact) mass is 325 g/mol. The number of hydrogen-bond donors (Lipinski definition) is 1. The predicted octanol–water partition coefficient (Wildman–Crippen LogP) is 2.26. The highest BCUT2D eigenvalue weighted by atomic mass is 16.5. The Morgan fingerprint density at radius 1 is 1.29 bits per heavy atom. The van der Waals surface area contributed by atoms with Crippen LogP contribution in [-0.2, 0) is 9.53 Å². The number of nitrogens with zero attached hydrogens (tertiary/aromatic N) is 2. The van der Waals surface area contributed by atoms with Crippen LogP contribution in [0.25, 0.3) is 11.0 Å². The molecular formula is C17H15N3O4. The van der Waals surface area contributed by atoms with Gasteiger partial charge in [-0.15, -0.1) is 0 Å². The lowest BCUT2D eigenvalue weighted by molar-refractivity contribution is -0.125. The van der Waals surface area contributed by atoms with E-state index in [9.17, 15) is 9.59 Å². The Morgan fingerprint density at radius 3 is 2.88 bits per heavy atom. The van der Waals surface area contributed by atoms with E-state index in [0.29, 0.717) is 5.76 Å². The number of carbonyl (C=O) groups excluding carboxylic acids is 2. The first-order valence-electron chi connectivity index (χ1n) is 7.34. The highest BCUT2D eigenvalue weighted by Crippen LogP contribution is 2.23. The smallest absolute Gasteiger partial charge is 0.359 e. The summed E-state index contributed by atoms with van der Waals surface area (Å²) in [5.41, 5.74) is 0.804. The summed E-state index contributed by atoms with van der Waals surface area (Å²) in [6, 6.07) is 9.10. The zero-order valence-corrected chi connectivity index (χ0v) is 12.9. The number of esters is 1. The molecule has 0 bridgehead atoms. The number of fused-ring (bicyclic) bond motifs is 1. The molecule has 0 radical (unpaired) electrons. The van der Waals surface area contributed by atoms with Gasteiger partial charge in [0.05, 0.1) is 12.2 Å². The summed E-state index contributed by atoms with van der Waals surface area (Å²) in [7, 11) is 0. The number of hydrogen-bond acceptors (Lipinski definition) is 6. The van der Waals surface area contributed by atoms with Crippen molar-refractivity contribution in [3.63, 3.8) is 0 Å².